The summed E-state index contributed by atoms with van der Waals surface area (Å²) in [6.07, 6.45) is 0. The van der Waals surface area contributed by atoms with Crippen LogP contribution in [0.2, 0.25) is 0 Å². The largest absolute Gasteiger partial charge is 0.504 e. The van der Waals surface area contributed by atoms with Crippen LogP contribution < -0.4 is 18.9 Å². The molecule has 0 aliphatic carbocycles. The van der Waals surface area contributed by atoms with Gasteiger partial charge < -0.3 is 24.1 Å². The standard InChI is InChI=1S/C29H27FO5/c1-18-9-11-19(12-10-18)17-35-25-14-13-20(15-23(25)30)27-26(33-3)16-22(29(34-4)28(27)31)21-7-5-6-8-24(21)32-2/h5-16,31H,17H2,1-4H3. The van der Waals surface area contributed by atoms with Gasteiger partial charge in [-0.05, 0) is 42.3 Å². The number of aromatic hydroxyl groups is 1. The van der Waals surface area contributed by atoms with E-state index in [-0.39, 0.29) is 23.9 Å². The van der Waals surface area contributed by atoms with Crippen molar-refractivity contribution < 1.29 is 28.4 Å². The maximum atomic E-state index is 15.0. The molecule has 0 unspecified atom stereocenters. The van der Waals surface area contributed by atoms with Gasteiger partial charge in [0.15, 0.2) is 23.1 Å². The van der Waals surface area contributed by atoms with Gasteiger partial charge in [-0.1, -0.05) is 54.1 Å². The Hall–Kier alpha value is -4.19. The molecule has 0 atom stereocenters. The van der Waals surface area contributed by atoms with Gasteiger partial charge in [0, 0.05) is 11.1 Å². The van der Waals surface area contributed by atoms with Crippen molar-refractivity contribution in [3.8, 4) is 51.0 Å². The molecule has 4 aromatic rings. The summed E-state index contributed by atoms with van der Waals surface area (Å²) in [7, 11) is 4.53. The minimum Gasteiger partial charge on any atom is -0.504 e. The SMILES string of the molecule is COc1ccccc1-c1cc(OC)c(-c2ccc(OCc3ccc(C)cc3)c(F)c2)c(O)c1OC. The van der Waals surface area contributed by atoms with Crippen molar-refractivity contribution in [2.75, 3.05) is 21.3 Å². The zero-order chi connectivity index (χ0) is 24.9. The molecule has 0 fully saturated rings. The molecule has 5 nitrogen and oxygen atoms in total. The minimum absolute atomic E-state index is 0.116. The van der Waals surface area contributed by atoms with Crippen molar-refractivity contribution in [2.45, 2.75) is 13.5 Å². The smallest absolute Gasteiger partial charge is 0.170 e. The van der Waals surface area contributed by atoms with Crippen molar-refractivity contribution >= 4 is 0 Å². The average molecular weight is 475 g/mol. The van der Waals surface area contributed by atoms with E-state index >= 15 is 4.39 Å². The number of phenolic OH excluding ortho intramolecular Hbond substituents is 1. The predicted octanol–water partition coefficient (Wildman–Crippen LogP) is 6.78. The van der Waals surface area contributed by atoms with Gasteiger partial charge in [0.2, 0.25) is 0 Å². The molecule has 1 N–H and O–H groups in total. The van der Waals surface area contributed by atoms with Crippen molar-refractivity contribution in [1.82, 2.24) is 0 Å². The normalized spacial score (nSPS) is 10.7. The number of halogens is 1. The Bertz CT molecular complexity index is 1330. The second-order valence-electron chi connectivity index (χ2n) is 8.00. The van der Waals surface area contributed by atoms with E-state index in [9.17, 15) is 5.11 Å². The summed E-state index contributed by atoms with van der Waals surface area (Å²) < 4.78 is 37.3. The fourth-order valence-corrected chi connectivity index (χ4v) is 3.96. The molecule has 35 heavy (non-hydrogen) atoms. The van der Waals surface area contributed by atoms with Gasteiger partial charge in [-0.3, -0.25) is 0 Å². The fourth-order valence-electron chi connectivity index (χ4n) is 3.96. The van der Waals surface area contributed by atoms with Gasteiger partial charge in [0.05, 0.1) is 26.9 Å². The Kier molecular flexibility index (Phi) is 7.11. The van der Waals surface area contributed by atoms with Crippen LogP contribution in [0.15, 0.2) is 72.8 Å². The summed E-state index contributed by atoms with van der Waals surface area (Å²) >= 11 is 0. The predicted molar refractivity (Wildman–Crippen MR) is 134 cm³/mol. The number of rotatable bonds is 8. The van der Waals surface area contributed by atoms with E-state index in [0.29, 0.717) is 28.2 Å². The van der Waals surface area contributed by atoms with Crippen LogP contribution in [0.1, 0.15) is 11.1 Å². The van der Waals surface area contributed by atoms with Crippen LogP contribution in [0, 0.1) is 12.7 Å². The third-order valence-corrected chi connectivity index (χ3v) is 5.78. The third-order valence-electron chi connectivity index (χ3n) is 5.78. The van der Waals surface area contributed by atoms with Crippen molar-refractivity contribution in [2.24, 2.45) is 0 Å². The molecule has 0 bridgehead atoms. The molecule has 0 heterocycles. The number of benzene rings is 4. The molecule has 0 radical (unpaired) electrons. The highest BCUT2D eigenvalue weighted by Crippen LogP contribution is 2.51. The van der Waals surface area contributed by atoms with Crippen LogP contribution >= 0.6 is 0 Å². The van der Waals surface area contributed by atoms with E-state index in [4.69, 9.17) is 18.9 Å². The first-order chi connectivity index (χ1) is 17.0. The monoisotopic (exact) mass is 474 g/mol. The van der Waals surface area contributed by atoms with Crippen molar-refractivity contribution in [3.63, 3.8) is 0 Å². The average Bonchev–Trinajstić information content (AvgIpc) is 2.88. The number of para-hydroxylation sites is 1. The summed E-state index contributed by atoms with van der Waals surface area (Å²) in [6, 6.07) is 21.5. The number of phenols is 1. The lowest BCUT2D eigenvalue weighted by atomic mass is 9.96. The highest BCUT2D eigenvalue weighted by molar-refractivity contribution is 5.89. The van der Waals surface area contributed by atoms with Gasteiger partial charge in [-0.2, -0.15) is 0 Å². The first-order valence-corrected chi connectivity index (χ1v) is 11.1. The maximum absolute atomic E-state index is 15.0. The number of ether oxygens (including phenoxy) is 4. The molecule has 0 aromatic heterocycles. The maximum Gasteiger partial charge on any atom is 0.170 e. The first kappa shape index (κ1) is 24.0. The zero-order valence-corrected chi connectivity index (χ0v) is 20.1. The molecule has 4 aromatic carbocycles. The molecule has 0 saturated heterocycles. The van der Waals surface area contributed by atoms with Gasteiger partial charge >= 0.3 is 0 Å². The van der Waals surface area contributed by atoms with E-state index in [0.717, 1.165) is 16.7 Å². The molecular formula is C29H27FO5. The number of hydrogen-bond acceptors (Lipinski definition) is 5. The van der Waals surface area contributed by atoms with Crippen molar-refractivity contribution in [1.29, 1.82) is 0 Å². The highest BCUT2D eigenvalue weighted by Gasteiger charge is 2.24. The van der Waals surface area contributed by atoms with Crippen LogP contribution in [0.4, 0.5) is 4.39 Å². The van der Waals surface area contributed by atoms with Crippen LogP contribution in [-0.2, 0) is 6.61 Å². The van der Waals surface area contributed by atoms with Crippen LogP contribution in [-0.4, -0.2) is 26.4 Å². The Morgan fingerprint density at radius 1 is 0.743 bits per heavy atom. The highest BCUT2D eigenvalue weighted by atomic mass is 19.1. The van der Waals surface area contributed by atoms with Crippen LogP contribution in [0.25, 0.3) is 22.3 Å². The molecule has 180 valence electrons. The van der Waals surface area contributed by atoms with Gasteiger partial charge in [-0.15, -0.1) is 0 Å². The Morgan fingerprint density at radius 2 is 1.46 bits per heavy atom. The van der Waals surface area contributed by atoms with E-state index in [1.807, 2.05) is 55.5 Å². The van der Waals surface area contributed by atoms with Gasteiger partial charge in [0.1, 0.15) is 18.1 Å². The van der Waals surface area contributed by atoms with E-state index in [1.54, 1.807) is 25.3 Å². The molecular weight excluding hydrogens is 447 g/mol. The van der Waals surface area contributed by atoms with Crippen LogP contribution in [0.5, 0.6) is 28.7 Å². The summed E-state index contributed by atoms with van der Waals surface area (Å²) in [4.78, 5) is 0. The molecule has 4 rings (SSSR count). The number of methoxy groups -OCH3 is 3. The molecule has 0 spiro atoms. The second-order valence-corrected chi connectivity index (χ2v) is 8.00. The van der Waals surface area contributed by atoms with Crippen LogP contribution in [0.3, 0.4) is 0 Å². The van der Waals surface area contributed by atoms with E-state index < -0.39 is 5.82 Å². The van der Waals surface area contributed by atoms with Gasteiger partial charge in [-0.25, -0.2) is 4.39 Å². The second kappa shape index (κ2) is 10.4. The molecule has 0 amide bonds. The number of aryl methyl sites for hydroxylation is 1. The lowest BCUT2D eigenvalue weighted by Crippen LogP contribution is -1.99. The quantitative estimate of drug-likeness (QED) is 0.305. The summed E-state index contributed by atoms with van der Waals surface area (Å²) in [5, 5.41) is 11.2. The zero-order valence-electron chi connectivity index (χ0n) is 20.1. The molecule has 6 heteroatoms. The van der Waals surface area contributed by atoms with Gasteiger partial charge in [0.25, 0.3) is 0 Å². The lowest BCUT2D eigenvalue weighted by Gasteiger charge is -2.19. The lowest BCUT2D eigenvalue weighted by molar-refractivity contribution is 0.290. The summed E-state index contributed by atoms with van der Waals surface area (Å²) in [5.74, 6) is 0.596. The third kappa shape index (κ3) is 4.87. The Labute approximate surface area is 204 Å². The molecule has 0 aliphatic heterocycles. The van der Waals surface area contributed by atoms with E-state index in [1.165, 1.54) is 20.3 Å². The van der Waals surface area contributed by atoms with Crippen molar-refractivity contribution in [3.05, 3.63) is 89.7 Å². The minimum atomic E-state index is -0.552. The molecule has 0 saturated carbocycles. The number of hydrogen-bond donors (Lipinski definition) is 1. The first-order valence-electron chi connectivity index (χ1n) is 11.1. The van der Waals surface area contributed by atoms with E-state index in [2.05, 4.69) is 0 Å². The molecule has 0 aliphatic rings. The fraction of sp³-hybridized carbons (Fsp3) is 0.172. The Balaban J connectivity index is 1.72. The topological polar surface area (TPSA) is 57.2 Å². The Morgan fingerprint density at radius 3 is 2.11 bits per heavy atom. The summed E-state index contributed by atoms with van der Waals surface area (Å²) in [6.45, 7) is 2.25. The summed E-state index contributed by atoms with van der Waals surface area (Å²) in [5.41, 5.74) is 4.12.